The van der Waals surface area contributed by atoms with Crippen LogP contribution in [0.2, 0.25) is 0 Å². The summed E-state index contributed by atoms with van der Waals surface area (Å²) in [5.74, 6) is -0.163. The van der Waals surface area contributed by atoms with Gasteiger partial charge in [0.05, 0.1) is 12.2 Å². The number of unbranched alkanes of at least 4 members (excludes halogenated alkanes) is 1. The Morgan fingerprint density at radius 2 is 1.74 bits per heavy atom. The largest absolute Gasteiger partial charge is 0.462 e. The van der Waals surface area contributed by atoms with Crippen molar-refractivity contribution in [2.75, 3.05) is 6.61 Å². The maximum Gasteiger partial charge on any atom is 0.338 e. The van der Waals surface area contributed by atoms with E-state index in [1.165, 1.54) is 0 Å². The lowest BCUT2D eigenvalue weighted by atomic mass is 10.2. The average molecular weight is 264 g/mol. The minimum atomic E-state index is -0.347. The van der Waals surface area contributed by atoms with Crippen LogP contribution in [0.15, 0.2) is 24.3 Å². The van der Waals surface area contributed by atoms with Crippen LogP contribution in [0.4, 0.5) is 0 Å². The van der Waals surface area contributed by atoms with Crippen LogP contribution < -0.4 is 4.74 Å². The summed E-state index contributed by atoms with van der Waals surface area (Å²) < 4.78 is 10.2. The molecule has 0 saturated heterocycles. The van der Waals surface area contributed by atoms with E-state index in [2.05, 4.69) is 0 Å². The van der Waals surface area contributed by atoms with Crippen LogP contribution in [0, 0.1) is 0 Å². The van der Waals surface area contributed by atoms with Gasteiger partial charge in [-0.3, -0.25) is 4.79 Å². The molecule has 1 aromatic rings. The second-order valence-electron chi connectivity index (χ2n) is 4.24. The summed E-state index contributed by atoms with van der Waals surface area (Å²) in [6, 6.07) is 6.40. The molecule has 4 heteroatoms. The number of hydrogen-bond donors (Lipinski definition) is 0. The third-order valence-corrected chi connectivity index (χ3v) is 2.51. The highest BCUT2D eigenvalue weighted by Gasteiger charge is 2.08. The number of ether oxygens (including phenoxy) is 2. The fourth-order valence-corrected chi connectivity index (χ4v) is 1.44. The fourth-order valence-electron chi connectivity index (χ4n) is 1.44. The van der Waals surface area contributed by atoms with Gasteiger partial charge in [0, 0.05) is 6.42 Å². The van der Waals surface area contributed by atoms with Crippen molar-refractivity contribution in [1.29, 1.82) is 0 Å². The summed E-state index contributed by atoms with van der Waals surface area (Å²) in [6.45, 7) is 4.38. The van der Waals surface area contributed by atoms with Crippen molar-refractivity contribution in [2.24, 2.45) is 0 Å². The van der Waals surface area contributed by atoms with Gasteiger partial charge in [0.1, 0.15) is 5.75 Å². The predicted octanol–water partition coefficient (Wildman–Crippen LogP) is 3.35. The van der Waals surface area contributed by atoms with Gasteiger partial charge < -0.3 is 9.47 Å². The van der Waals surface area contributed by atoms with Gasteiger partial charge in [0.15, 0.2) is 0 Å². The molecule has 0 spiro atoms. The van der Waals surface area contributed by atoms with Crippen LogP contribution >= 0.6 is 0 Å². The van der Waals surface area contributed by atoms with Crippen LogP contribution in [0.3, 0.4) is 0 Å². The molecule has 19 heavy (non-hydrogen) atoms. The molecule has 0 unspecified atom stereocenters. The van der Waals surface area contributed by atoms with Crippen molar-refractivity contribution < 1.29 is 19.1 Å². The van der Waals surface area contributed by atoms with E-state index in [-0.39, 0.29) is 11.9 Å². The summed E-state index contributed by atoms with van der Waals surface area (Å²) in [5.41, 5.74) is 0.464. The van der Waals surface area contributed by atoms with E-state index in [0.717, 1.165) is 19.3 Å². The van der Waals surface area contributed by atoms with Crippen molar-refractivity contribution in [3.8, 4) is 5.75 Å². The lowest BCUT2D eigenvalue weighted by Crippen LogP contribution is -2.08. The van der Waals surface area contributed by atoms with Crippen LogP contribution in [-0.4, -0.2) is 18.5 Å². The van der Waals surface area contributed by atoms with Crippen LogP contribution in [0.1, 0.15) is 49.9 Å². The lowest BCUT2D eigenvalue weighted by Gasteiger charge is -2.06. The van der Waals surface area contributed by atoms with Gasteiger partial charge in [-0.1, -0.05) is 20.3 Å². The molecule has 104 valence electrons. The van der Waals surface area contributed by atoms with Crippen LogP contribution in [-0.2, 0) is 9.53 Å². The molecular weight excluding hydrogens is 244 g/mol. The first-order valence-electron chi connectivity index (χ1n) is 6.65. The molecule has 0 fully saturated rings. The monoisotopic (exact) mass is 264 g/mol. The van der Waals surface area contributed by atoms with E-state index < -0.39 is 0 Å². The van der Waals surface area contributed by atoms with Crippen molar-refractivity contribution >= 4 is 11.9 Å². The number of hydrogen-bond acceptors (Lipinski definition) is 4. The molecule has 0 N–H and O–H groups in total. The van der Waals surface area contributed by atoms with Crippen molar-refractivity contribution in [3.05, 3.63) is 29.8 Å². The number of carbonyl (C=O) groups is 2. The Hall–Kier alpha value is -1.84. The van der Waals surface area contributed by atoms with Crippen molar-refractivity contribution in [1.82, 2.24) is 0 Å². The zero-order chi connectivity index (χ0) is 14.1. The molecule has 0 aliphatic rings. The molecule has 0 saturated carbocycles. The second kappa shape index (κ2) is 8.29. The van der Waals surface area contributed by atoms with Gasteiger partial charge in [0.25, 0.3) is 0 Å². The third kappa shape index (κ3) is 5.55. The van der Waals surface area contributed by atoms with Gasteiger partial charge in [-0.2, -0.15) is 0 Å². The highest BCUT2D eigenvalue weighted by atomic mass is 16.5. The van der Waals surface area contributed by atoms with E-state index in [9.17, 15) is 9.59 Å². The van der Waals surface area contributed by atoms with Crippen molar-refractivity contribution in [2.45, 2.75) is 39.5 Å². The van der Waals surface area contributed by atoms with E-state index in [1.54, 1.807) is 24.3 Å². The Morgan fingerprint density at radius 3 is 2.32 bits per heavy atom. The van der Waals surface area contributed by atoms with E-state index in [0.29, 0.717) is 24.3 Å². The van der Waals surface area contributed by atoms with Gasteiger partial charge in [-0.25, -0.2) is 4.79 Å². The summed E-state index contributed by atoms with van der Waals surface area (Å²) >= 11 is 0. The average Bonchev–Trinajstić information content (AvgIpc) is 2.40. The standard InChI is InChI=1S/C15H20O4/c1-3-5-11-18-15(17)12-7-9-13(10-8-12)19-14(16)6-4-2/h7-10H,3-6,11H2,1-2H3. The van der Waals surface area contributed by atoms with Crippen LogP contribution in [0.25, 0.3) is 0 Å². The van der Waals surface area contributed by atoms with Crippen LogP contribution in [0.5, 0.6) is 5.75 Å². The second-order valence-corrected chi connectivity index (χ2v) is 4.24. The summed E-state index contributed by atoms with van der Waals surface area (Å²) in [5, 5.41) is 0. The minimum Gasteiger partial charge on any atom is -0.462 e. The molecule has 0 aromatic heterocycles. The summed E-state index contributed by atoms with van der Waals surface area (Å²) in [6.07, 6.45) is 2.99. The SMILES string of the molecule is CCCCOC(=O)c1ccc(OC(=O)CCC)cc1. The molecular formula is C15H20O4. The number of benzene rings is 1. The minimum absolute atomic E-state index is 0.263. The Labute approximate surface area is 113 Å². The third-order valence-electron chi connectivity index (χ3n) is 2.51. The Morgan fingerprint density at radius 1 is 1.05 bits per heavy atom. The topological polar surface area (TPSA) is 52.6 Å². The first kappa shape index (κ1) is 15.2. The first-order chi connectivity index (χ1) is 9.17. The molecule has 0 bridgehead atoms. The zero-order valence-corrected chi connectivity index (χ0v) is 11.5. The predicted molar refractivity (Wildman–Crippen MR) is 72.2 cm³/mol. The van der Waals surface area contributed by atoms with Gasteiger partial charge in [0.2, 0.25) is 0 Å². The fraction of sp³-hybridized carbons (Fsp3) is 0.467. The number of carbonyl (C=O) groups excluding carboxylic acids is 2. The highest BCUT2D eigenvalue weighted by molar-refractivity contribution is 5.89. The quantitative estimate of drug-likeness (QED) is 0.430. The zero-order valence-electron chi connectivity index (χ0n) is 11.5. The first-order valence-corrected chi connectivity index (χ1v) is 6.65. The summed E-state index contributed by atoms with van der Waals surface area (Å²) in [7, 11) is 0. The Kier molecular flexibility index (Phi) is 6.64. The molecule has 0 atom stereocenters. The molecule has 0 heterocycles. The summed E-state index contributed by atoms with van der Waals surface area (Å²) in [4.78, 5) is 22.9. The molecule has 0 amide bonds. The van der Waals surface area contributed by atoms with Gasteiger partial charge in [-0.05, 0) is 37.1 Å². The Bertz CT molecular complexity index is 409. The normalized spacial score (nSPS) is 10.0. The maximum atomic E-state index is 11.6. The highest BCUT2D eigenvalue weighted by Crippen LogP contribution is 2.14. The number of esters is 2. The van der Waals surface area contributed by atoms with Gasteiger partial charge >= 0.3 is 11.9 Å². The van der Waals surface area contributed by atoms with Gasteiger partial charge in [-0.15, -0.1) is 0 Å². The molecule has 0 aliphatic carbocycles. The van der Waals surface area contributed by atoms with E-state index >= 15 is 0 Å². The molecule has 1 aromatic carbocycles. The maximum absolute atomic E-state index is 11.6. The van der Waals surface area contributed by atoms with E-state index in [4.69, 9.17) is 9.47 Å². The van der Waals surface area contributed by atoms with Crippen molar-refractivity contribution in [3.63, 3.8) is 0 Å². The molecule has 0 radical (unpaired) electrons. The molecule has 0 aliphatic heterocycles. The lowest BCUT2D eigenvalue weighted by molar-refractivity contribution is -0.134. The molecule has 1 rings (SSSR count). The van der Waals surface area contributed by atoms with E-state index in [1.807, 2.05) is 13.8 Å². The number of rotatable bonds is 7. The smallest absolute Gasteiger partial charge is 0.338 e. The molecule has 4 nitrogen and oxygen atoms in total. The Balaban J connectivity index is 2.51.